The number of hydrogen-bond acceptors (Lipinski definition) is 4. The van der Waals surface area contributed by atoms with E-state index in [2.05, 4.69) is 15.6 Å². The number of halogens is 2. The molecule has 1 aliphatic rings. The van der Waals surface area contributed by atoms with E-state index in [1.807, 2.05) is 0 Å². The van der Waals surface area contributed by atoms with Gasteiger partial charge in [-0.1, -0.05) is 6.07 Å². The third-order valence-electron chi connectivity index (χ3n) is 3.55. The molecule has 2 rings (SSSR count). The summed E-state index contributed by atoms with van der Waals surface area (Å²) in [5.74, 6) is -2.41. The summed E-state index contributed by atoms with van der Waals surface area (Å²) in [5.41, 5.74) is -0.0112. The monoisotopic (exact) mass is 343 g/mol. The Labute approximate surface area is 139 Å². The van der Waals surface area contributed by atoms with Gasteiger partial charge in [0.1, 0.15) is 5.69 Å². The second-order valence-electron chi connectivity index (χ2n) is 6.10. The maximum atomic E-state index is 13.2. The zero-order valence-corrected chi connectivity index (χ0v) is 13.6. The van der Waals surface area contributed by atoms with E-state index in [4.69, 9.17) is 4.74 Å². The van der Waals surface area contributed by atoms with Gasteiger partial charge in [-0.05, 0) is 30.9 Å². The van der Waals surface area contributed by atoms with Crippen LogP contribution in [-0.4, -0.2) is 42.0 Å². The predicted molar refractivity (Wildman–Crippen MR) is 83.6 cm³/mol. The van der Waals surface area contributed by atoms with Gasteiger partial charge in [-0.2, -0.15) is 8.78 Å². The Kier molecular flexibility index (Phi) is 6.44. The normalized spacial score (nSPS) is 15.8. The van der Waals surface area contributed by atoms with Gasteiger partial charge in [0.15, 0.2) is 0 Å². The highest BCUT2D eigenvalue weighted by Crippen LogP contribution is 2.28. The van der Waals surface area contributed by atoms with Crippen molar-refractivity contribution in [3.8, 4) is 0 Å². The van der Waals surface area contributed by atoms with E-state index in [-0.39, 0.29) is 25.4 Å². The number of nitrogens with one attached hydrogen (secondary N) is 2. The van der Waals surface area contributed by atoms with E-state index in [1.165, 1.54) is 25.0 Å². The lowest BCUT2D eigenvalue weighted by Gasteiger charge is -2.13. The number of nitrogens with zero attached hydrogens (tertiary/aromatic N) is 1. The molecule has 0 radical (unpaired) electrons. The number of amides is 2. The minimum Gasteiger partial charge on any atom is -0.389 e. The molecule has 1 aromatic rings. The molecule has 1 aromatic heterocycles. The van der Waals surface area contributed by atoms with Crippen molar-refractivity contribution in [2.75, 3.05) is 19.8 Å². The topological polar surface area (TPSA) is 83.5 Å². The van der Waals surface area contributed by atoms with E-state index in [1.54, 1.807) is 6.07 Å². The van der Waals surface area contributed by atoms with Crippen molar-refractivity contribution in [2.24, 2.45) is 5.92 Å². The summed E-state index contributed by atoms with van der Waals surface area (Å²) in [6.07, 6.45) is 1.57. The van der Waals surface area contributed by atoms with Crippen LogP contribution in [0.25, 0.3) is 0 Å². The molecule has 1 atom stereocenters. The van der Waals surface area contributed by atoms with Crippen LogP contribution in [0.5, 0.6) is 0 Å². The fourth-order valence-corrected chi connectivity index (χ4v) is 1.98. The van der Waals surface area contributed by atoms with Crippen LogP contribution < -0.4 is 10.6 Å². The number of aliphatic hydroxyl groups is 1. The Hall–Kier alpha value is -1.80. The van der Waals surface area contributed by atoms with E-state index in [9.17, 15) is 18.7 Å². The van der Waals surface area contributed by atoms with Gasteiger partial charge in [0.2, 0.25) is 0 Å². The molecule has 8 heteroatoms. The number of pyridine rings is 1. The summed E-state index contributed by atoms with van der Waals surface area (Å²) in [6.45, 7) is 1.66. The Morgan fingerprint density at radius 3 is 2.88 bits per heavy atom. The van der Waals surface area contributed by atoms with Crippen LogP contribution in [0.4, 0.5) is 13.6 Å². The molecular formula is C16H23F2N3O3. The fourth-order valence-electron chi connectivity index (χ4n) is 1.98. The number of aromatic nitrogens is 1. The van der Waals surface area contributed by atoms with Crippen LogP contribution in [0.2, 0.25) is 0 Å². The minimum absolute atomic E-state index is 0.0179. The average Bonchev–Trinajstić information content (AvgIpc) is 3.34. The van der Waals surface area contributed by atoms with Crippen molar-refractivity contribution >= 4 is 6.03 Å². The number of alkyl halides is 2. The molecule has 24 heavy (non-hydrogen) atoms. The van der Waals surface area contributed by atoms with Gasteiger partial charge in [0, 0.05) is 20.1 Å². The molecule has 1 aliphatic carbocycles. The summed E-state index contributed by atoms with van der Waals surface area (Å²) in [4.78, 5) is 15.5. The lowest BCUT2D eigenvalue weighted by Crippen LogP contribution is -2.40. The smallest absolute Gasteiger partial charge is 0.315 e. The van der Waals surface area contributed by atoms with Gasteiger partial charge in [-0.25, -0.2) is 9.78 Å². The van der Waals surface area contributed by atoms with E-state index < -0.39 is 18.1 Å². The maximum absolute atomic E-state index is 13.2. The van der Waals surface area contributed by atoms with Gasteiger partial charge < -0.3 is 20.5 Å². The van der Waals surface area contributed by atoms with Gasteiger partial charge >= 0.3 is 6.03 Å². The molecule has 0 spiro atoms. The zero-order valence-electron chi connectivity index (χ0n) is 13.6. The molecule has 0 saturated heterocycles. The Balaban J connectivity index is 1.65. The summed E-state index contributed by atoms with van der Waals surface area (Å²) in [5, 5.41) is 14.7. The molecule has 0 bridgehead atoms. The van der Waals surface area contributed by atoms with E-state index in [0.717, 1.165) is 6.92 Å². The second kappa shape index (κ2) is 8.34. The van der Waals surface area contributed by atoms with Gasteiger partial charge in [-0.3, -0.25) is 0 Å². The Bertz CT molecular complexity index is 548. The first-order valence-corrected chi connectivity index (χ1v) is 7.96. The minimum atomic E-state index is -3.02. The molecular weight excluding hydrogens is 320 g/mol. The molecule has 1 saturated carbocycles. The third kappa shape index (κ3) is 6.76. The number of carbonyl (C=O) groups is 1. The van der Waals surface area contributed by atoms with Gasteiger partial charge in [0.05, 0.1) is 24.9 Å². The molecule has 2 amide bonds. The number of carbonyl (C=O) groups excluding carboxylic acids is 1. The summed E-state index contributed by atoms with van der Waals surface area (Å²) < 4.78 is 31.7. The lowest BCUT2D eigenvalue weighted by atomic mass is 10.2. The molecule has 134 valence electrons. The molecule has 6 nitrogen and oxygen atoms in total. The average molecular weight is 343 g/mol. The Morgan fingerprint density at radius 1 is 1.46 bits per heavy atom. The highest BCUT2D eigenvalue weighted by atomic mass is 19.3. The van der Waals surface area contributed by atoms with Crippen molar-refractivity contribution in [2.45, 2.75) is 38.3 Å². The van der Waals surface area contributed by atoms with Crippen LogP contribution in [0.1, 0.15) is 31.2 Å². The number of urea groups is 1. The highest BCUT2D eigenvalue weighted by molar-refractivity contribution is 5.73. The molecule has 0 aromatic carbocycles. The summed E-state index contributed by atoms with van der Waals surface area (Å²) in [6, 6.07) is 3.75. The summed E-state index contributed by atoms with van der Waals surface area (Å²) >= 11 is 0. The first-order valence-electron chi connectivity index (χ1n) is 7.96. The van der Waals surface area contributed by atoms with Crippen molar-refractivity contribution in [3.05, 3.63) is 29.6 Å². The fraction of sp³-hybridized carbons (Fsp3) is 0.625. The van der Waals surface area contributed by atoms with Gasteiger partial charge in [-0.15, -0.1) is 0 Å². The van der Waals surface area contributed by atoms with Gasteiger partial charge in [0.25, 0.3) is 5.92 Å². The number of rotatable bonds is 9. The molecule has 1 heterocycles. The zero-order chi connectivity index (χ0) is 17.6. The highest BCUT2D eigenvalue weighted by Gasteiger charge is 2.26. The number of aliphatic hydroxyl groups excluding tert-OH is 1. The maximum Gasteiger partial charge on any atom is 0.315 e. The SMILES string of the molecule is CC(F)(F)c1cccc(CNC(=O)NCC(O)COCC2CC2)n1. The molecule has 1 fully saturated rings. The predicted octanol–water partition coefficient (Wildman–Crippen LogP) is 1.78. The molecule has 3 N–H and O–H groups in total. The van der Waals surface area contributed by atoms with Crippen LogP contribution in [-0.2, 0) is 17.2 Å². The van der Waals surface area contributed by atoms with Crippen LogP contribution in [0.3, 0.4) is 0 Å². The van der Waals surface area contributed by atoms with Crippen molar-refractivity contribution < 1.29 is 23.4 Å². The Morgan fingerprint density at radius 2 is 2.21 bits per heavy atom. The second-order valence-corrected chi connectivity index (χ2v) is 6.10. The van der Waals surface area contributed by atoms with E-state index >= 15 is 0 Å². The first-order chi connectivity index (χ1) is 11.3. The lowest BCUT2D eigenvalue weighted by molar-refractivity contribution is 0.0125. The van der Waals surface area contributed by atoms with Crippen LogP contribution in [0.15, 0.2) is 18.2 Å². The van der Waals surface area contributed by atoms with Crippen molar-refractivity contribution in [3.63, 3.8) is 0 Å². The quantitative estimate of drug-likeness (QED) is 0.638. The van der Waals surface area contributed by atoms with E-state index in [0.29, 0.717) is 18.2 Å². The molecule has 0 aliphatic heterocycles. The largest absolute Gasteiger partial charge is 0.389 e. The summed E-state index contributed by atoms with van der Waals surface area (Å²) in [7, 11) is 0. The van der Waals surface area contributed by atoms with Crippen molar-refractivity contribution in [1.29, 1.82) is 0 Å². The standard InChI is InChI=1S/C16H23F2N3O3/c1-16(17,18)14-4-2-3-12(21-14)7-19-15(23)20-8-13(22)10-24-9-11-5-6-11/h2-4,11,13,22H,5-10H2,1H3,(H2,19,20,23). The molecule has 1 unspecified atom stereocenters. The van der Waals surface area contributed by atoms with Crippen molar-refractivity contribution in [1.82, 2.24) is 15.6 Å². The number of hydrogen-bond donors (Lipinski definition) is 3. The number of ether oxygens (including phenoxy) is 1. The first kappa shape index (κ1) is 18.5. The van der Waals surface area contributed by atoms with Crippen LogP contribution >= 0.6 is 0 Å². The van der Waals surface area contributed by atoms with Crippen LogP contribution in [0, 0.1) is 5.92 Å². The third-order valence-corrected chi connectivity index (χ3v) is 3.55.